The van der Waals surface area contributed by atoms with Crippen molar-refractivity contribution in [3.63, 3.8) is 0 Å². The Kier molecular flexibility index (Phi) is 5.60. The first-order valence-corrected chi connectivity index (χ1v) is 7.07. The zero-order valence-electron chi connectivity index (χ0n) is 11.9. The number of hydrogen-bond acceptors (Lipinski definition) is 3. The van der Waals surface area contributed by atoms with Gasteiger partial charge in [0.2, 0.25) is 0 Å². The Morgan fingerprint density at radius 3 is 2.33 bits per heavy atom. The van der Waals surface area contributed by atoms with Crippen LogP contribution >= 0.6 is 0 Å². The van der Waals surface area contributed by atoms with E-state index in [0.717, 1.165) is 13.0 Å². The summed E-state index contributed by atoms with van der Waals surface area (Å²) in [4.78, 5) is 13.2. The summed E-state index contributed by atoms with van der Waals surface area (Å²) in [5.41, 5.74) is -0.689. The van der Waals surface area contributed by atoms with Gasteiger partial charge in [0.15, 0.2) is 0 Å². The van der Waals surface area contributed by atoms with Crippen molar-refractivity contribution in [2.24, 2.45) is 5.92 Å². The van der Waals surface area contributed by atoms with Crippen LogP contribution in [-0.2, 0) is 4.79 Å². The number of carboxylic acids is 1. The summed E-state index contributed by atoms with van der Waals surface area (Å²) in [5.74, 6) is -0.977. The van der Waals surface area contributed by atoms with Crippen molar-refractivity contribution in [1.82, 2.24) is 4.90 Å². The fourth-order valence-electron chi connectivity index (χ4n) is 2.75. The van der Waals surface area contributed by atoms with Crippen LogP contribution in [0.3, 0.4) is 0 Å². The Hall–Kier alpha value is -0.610. The molecule has 1 rings (SSSR count). The summed E-state index contributed by atoms with van der Waals surface area (Å²) in [6.07, 6.45) is 3.49. The van der Waals surface area contributed by atoms with Gasteiger partial charge < -0.3 is 10.2 Å². The lowest BCUT2D eigenvalue weighted by Crippen LogP contribution is -2.48. The highest BCUT2D eigenvalue weighted by molar-refractivity contribution is 5.70. The lowest BCUT2D eigenvalue weighted by molar-refractivity contribution is -0.145. The van der Waals surface area contributed by atoms with Crippen molar-refractivity contribution in [2.45, 2.75) is 64.5 Å². The maximum absolute atomic E-state index is 10.9. The summed E-state index contributed by atoms with van der Waals surface area (Å²) in [7, 11) is 0. The van der Waals surface area contributed by atoms with Crippen LogP contribution in [0.1, 0.15) is 52.9 Å². The molecule has 1 aliphatic carbocycles. The number of nitrogens with zero attached hydrogens (tertiary/aromatic N) is 1. The highest BCUT2D eigenvalue weighted by Crippen LogP contribution is 2.33. The predicted molar refractivity (Wildman–Crippen MR) is 71.5 cm³/mol. The molecule has 106 valence electrons. The molecule has 0 bridgehead atoms. The van der Waals surface area contributed by atoms with Gasteiger partial charge in [-0.15, -0.1) is 0 Å². The highest BCUT2D eigenvalue weighted by Gasteiger charge is 2.37. The zero-order valence-corrected chi connectivity index (χ0v) is 11.9. The standard InChI is InChI=1S/C14H27NO3/c1-4-9-15(11(2)3)10-14(18)7-5-12(6-8-14)13(16)17/h11-12,18H,4-10H2,1-3H3,(H,16,17). The van der Waals surface area contributed by atoms with E-state index in [9.17, 15) is 9.90 Å². The summed E-state index contributed by atoms with van der Waals surface area (Å²) in [5, 5.41) is 19.6. The Labute approximate surface area is 110 Å². The Morgan fingerprint density at radius 2 is 1.94 bits per heavy atom. The van der Waals surface area contributed by atoms with E-state index in [0.29, 0.717) is 38.3 Å². The smallest absolute Gasteiger partial charge is 0.306 e. The molecule has 0 amide bonds. The van der Waals surface area contributed by atoms with Crippen LogP contribution in [0.15, 0.2) is 0 Å². The predicted octanol–water partition coefficient (Wildman–Crippen LogP) is 2.11. The van der Waals surface area contributed by atoms with Crippen LogP contribution in [-0.4, -0.2) is 45.8 Å². The molecule has 1 saturated carbocycles. The van der Waals surface area contributed by atoms with E-state index in [-0.39, 0.29) is 5.92 Å². The second-order valence-electron chi connectivity index (χ2n) is 5.90. The monoisotopic (exact) mass is 257 g/mol. The molecule has 18 heavy (non-hydrogen) atoms. The summed E-state index contributed by atoms with van der Waals surface area (Å²) < 4.78 is 0. The molecule has 4 heteroatoms. The molecule has 0 heterocycles. The maximum Gasteiger partial charge on any atom is 0.306 e. The largest absolute Gasteiger partial charge is 0.481 e. The van der Waals surface area contributed by atoms with Gasteiger partial charge in [0.1, 0.15) is 0 Å². The first-order chi connectivity index (χ1) is 8.38. The lowest BCUT2D eigenvalue weighted by atomic mass is 9.78. The molecular formula is C14H27NO3. The van der Waals surface area contributed by atoms with Gasteiger partial charge in [-0.3, -0.25) is 9.69 Å². The second kappa shape index (κ2) is 6.53. The number of carbonyl (C=O) groups is 1. The number of aliphatic hydroxyl groups is 1. The average molecular weight is 257 g/mol. The van der Waals surface area contributed by atoms with Gasteiger partial charge in [0.05, 0.1) is 11.5 Å². The van der Waals surface area contributed by atoms with Crippen molar-refractivity contribution in [3.05, 3.63) is 0 Å². The van der Waals surface area contributed by atoms with E-state index < -0.39 is 11.6 Å². The van der Waals surface area contributed by atoms with E-state index in [2.05, 4.69) is 25.7 Å². The third-order valence-corrected chi connectivity index (χ3v) is 4.00. The fraction of sp³-hybridized carbons (Fsp3) is 0.929. The molecule has 0 radical (unpaired) electrons. The van der Waals surface area contributed by atoms with E-state index in [4.69, 9.17) is 5.11 Å². The van der Waals surface area contributed by atoms with E-state index >= 15 is 0 Å². The molecule has 1 aliphatic rings. The van der Waals surface area contributed by atoms with Gasteiger partial charge >= 0.3 is 5.97 Å². The molecule has 1 fully saturated rings. The molecule has 0 spiro atoms. The van der Waals surface area contributed by atoms with Crippen molar-refractivity contribution in [1.29, 1.82) is 0 Å². The first-order valence-electron chi connectivity index (χ1n) is 7.07. The SMILES string of the molecule is CCCN(CC1(O)CCC(C(=O)O)CC1)C(C)C. The third kappa shape index (κ3) is 4.25. The van der Waals surface area contributed by atoms with Crippen LogP contribution < -0.4 is 0 Å². The van der Waals surface area contributed by atoms with Gasteiger partial charge in [-0.25, -0.2) is 0 Å². The molecule has 4 nitrogen and oxygen atoms in total. The number of rotatable bonds is 6. The molecule has 2 N–H and O–H groups in total. The Bertz CT molecular complexity index is 270. The average Bonchev–Trinajstić information content (AvgIpc) is 2.28. The third-order valence-electron chi connectivity index (χ3n) is 4.00. The van der Waals surface area contributed by atoms with Gasteiger partial charge in [0.25, 0.3) is 0 Å². The Morgan fingerprint density at radius 1 is 1.39 bits per heavy atom. The molecule has 0 aliphatic heterocycles. The molecule has 0 saturated heterocycles. The Balaban J connectivity index is 2.53. The van der Waals surface area contributed by atoms with E-state index in [1.165, 1.54) is 0 Å². The van der Waals surface area contributed by atoms with Crippen LogP contribution in [0.25, 0.3) is 0 Å². The van der Waals surface area contributed by atoms with Crippen molar-refractivity contribution >= 4 is 5.97 Å². The minimum absolute atomic E-state index is 0.260. The molecule has 0 aromatic rings. The summed E-state index contributed by atoms with van der Waals surface area (Å²) >= 11 is 0. The van der Waals surface area contributed by atoms with Gasteiger partial charge in [0, 0.05) is 12.6 Å². The zero-order chi connectivity index (χ0) is 13.8. The number of carboxylic acid groups (broad SMARTS) is 1. The van der Waals surface area contributed by atoms with Crippen LogP contribution in [0.5, 0.6) is 0 Å². The van der Waals surface area contributed by atoms with Crippen molar-refractivity contribution < 1.29 is 15.0 Å². The van der Waals surface area contributed by atoms with Gasteiger partial charge in [-0.2, -0.15) is 0 Å². The van der Waals surface area contributed by atoms with E-state index in [1.807, 2.05) is 0 Å². The molecule has 0 aromatic heterocycles. The normalized spacial score (nSPS) is 28.9. The molecule has 0 aromatic carbocycles. The van der Waals surface area contributed by atoms with E-state index in [1.54, 1.807) is 0 Å². The fourth-order valence-corrected chi connectivity index (χ4v) is 2.75. The minimum Gasteiger partial charge on any atom is -0.481 e. The number of aliphatic carboxylic acids is 1. The first kappa shape index (κ1) is 15.4. The topological polar surface area (TPSA) is 60.8 Å². The molecule has 0 atom stereocenters. The number of hydrogen-bond donors (Lipinski definition) is 2. The van der Waals surface area contributed by atoms with Crippen LogP contribution in [0.4, 0.5) is 0 Å². The summed E-state index contributed by atoms with van der Waals surface area (Å²) in [6, 6.07) is 0.422. The van der Waals surface area contributed by atoms with Gasteiger partial charge in [-0.05, 0) is 52.5 Å². The summed E-state index contributed by atoms with van der Waals surface area (Å²) in [6.45, 7) is 8.08. The quantitative estimate of drug-likeness (QED) is 0.765. The van der Waals surface area contributed by atoms with Crippen molar-refractivity contribution in [3.8, 4) is 0 Å². The minimum atomic E-state index is -0.716. The van der Waals surface area contributed by atoms with Crippen molar-refractivity contribution in [2.75, 3.05) is 13.1 Å². The maximum atomic E-state index is 10.9. The van der Waals surface area contributed by atoms with Crippen LogP contribution in [0.2, 0.25) is 0 Å². The highest BCUT2D eigenvalue weighted by atomic mass is 16.4. The molecule has 0 unspecified atom stereocenters. The molecular weight excluding hydrogens is 230 g/mol. The van der Waals surface area contributed by atoms with Crippen LogP contribution in [0, 0.1) is 5.92 Å². The lowest BCUT2D eigenvalue weighted by Gasteiger charge is -2.40. The second-order valence-corrected chi connectivity index (χ2v) is 5.90. The van der Waals surface area contributed by atoms with Gasteiger partial charge in [-0.1, -0.05) is 6.92 Å².